The van der Waals surface area contributed by atoms with E-state index in [-0.39, 0.29) is 18.2 Å². The van der Waals surface area contributed by atoms with E-state index >= 15 is 0 Å². The van der Waals surface area contributed by atoms with Crippen LogP contribution in [0, 0.1) is 0 Å². The molecule has 132 valence electrons. The lowest BCUT2D eigenvalue weighted by Crippen LogP contribution is -2.56. The van der Waals surface area contributed by atoms with Gasteiger partial charge in [0.2, 0.25) is 5.91 Å². The van der Waals surface area contributed by atoms with Crippen LogP contribution in [0.3, 0.4) is 0 Å². The van der Waals surface area contributed by atoms with Crippen LogP contribution >= 0.6 is 11.3 Å². The van der Waals surface area contributed by atoms with Crippen molar-refractivity contribution in [1.29, 1.82) is 0 Å². The Kier molecular flexibility index (Phi) is 6.36. The number of rotatable bonds is 7. The molecule has 0 saturated heterocycles. The summed E-state index contributed by atoms with van der Waals surface area (Å²) in [6.45, 7) is 0.397. The lowest BCUT2D eigenvalue weighted by atomic mass is 9.80. The second-order valence-electron chi connectivity index (χ2n) is 6.22. The van der Waals surface area contributed by atoms with Crippen LogP contribution < -0.4 is 5.32 Å². The number of carbonyl (C=O) groups is 3. The minimum atomic E-state index is -1.06. The number of hydrogen-bond donors (Lipinski definition) is 2. The van der Waals surface area contributed by atoms with Crippen LogP contribution in [0.25, 0.3) is 0 Å². The van der Waals surface area contributed by atoms with E-state index in [1.54, 1.807) is 18.5 Å². The van der Waals surface area contributed by atoms with Crippen molar-refractivity contribution in [1.82, 2.24) is 10.2 Å². The molecule has 0 atom stereocenters. The number of aliphatic carboxylic acids is 1. The predicted octanol–water partition coefficient (Wildman–Crippen LogP) is 2.50. The van der Waals surface area contributed by atoms with Gasteiger partial charge in [0, 0.05) is 31.0 Å². The normalized spacial score (nSPS) is 16.4. The second-order valence-corrected chi connectivity index (χ2v) is 7.00. The molecule has 24 heavy (non-hydrogen) atoms. The van der Waals surface area contributed by atoms with Gasteiger partial charge in [-0.15, -0.1) is 0 Å². The fourth-order valence-corrected chi connectivity index (χ4v) is 3.81. The fourth-order valence-electron chi connectivity index (χ4n) is 3.17. The molecule has 1 aromatic rings. The highest BCUT2D eigenvalue weighted by Gasteiger charge is 2.45. The van der Waals surface area contributed by atoms with Crippen molar-refractivity contribution in [2.24, 2.45) is 0 Å². The topological polar surface area (TPSA) is 86.7 Å². The van der Waals surface area contributed by atoms with Gasteiger partial charge in [-0.3, -0.25) is 9.59 Å². The monoisotopic (exact) mass is 352 g/mol. The number of nitrogens with zero attached hydrogens (tertiary/aromatic N) is 1. The van der Waals surface area contributed by atoms with E-state index in [0.29, 0.717) is 31.4 Å². The van der Waals surface area contributed by atoms with Gasteiger partial charge in [-0.25, -0.2) is 4.79 Å². The van der Waals surface area contributed by atoms with Crippen LogP contribution in [0.15, 0.2) is 16.8 Å². The SMILES string of the molecule is CN(C(=O)CCCNC(=O)c1ccsc1)C1(C(=O)O)CCCCC1. The minimum absolute atomic E-state index is 0.147. The van der Waals surface area contributed by atoms with Gasteiger partial charge in [0.05, 0.1) is 0 Å². The van der Waals surface area contributed by atoms with Crippen molar-refractivity contribution >= 4 is 29.1 Å². The average Bonchev–Trinajstić information content (AvgIpc) is 3.12. The van der Waals surface area contributed by atoms with E-state index in [0.717, 1.165) is 19.3 Å². The smallest absolute Gasteiger partial charge is 0.329 e. The van der Waals surface area contributed by atoms with Gasteiger partial charge >= 0.3 is 5.97 Å². The molecule has 0 radical (unpaired) electrons. The number of hydrogen-bond acceptors (Lipinski definition) is 4. The number of nitrogens with one attached hydrogen (secondary N) is 1. The first-order valence-corrected chi connectivity index (χ1v) is 9.22. The summed E-state index contributed by atoms with van der Waals surface area (Å²) in [7, 11) is 1.59. The lowest BCUT2D eigenvalue weighted by molar-refractivity contribution is -0.160. The summed E-state index contributed by atoms with van der Waals surface area (Å²) in [5.41, 5.74) is -0.439. The fraction of sp³-hybridized carbons (Fsp3) is 0.588. The summed E-state index contributed by atoms with van der Waals surface area (Å²) in [4.78, 5) is 37.3. The predicted molar refractivity (Wildman–Crippen MR) is 92.1 cm³/mol. The van der Waals surface area contributed by atoms with Crippen molar-refractivity contribution < 1.29 is 19.5 Å². The summed E-state index contributed by atoms with van der Waals surface area (Å²) >= 11 is 1.46. The molecular weight excluding hydrogens is 328 g/mol. The largest absolute Gasteiger partial charge is 0.479 e. The van der Waals surface area contributed by atoms with Crippen LogP contribution in [0.5, 0.6) is 0 Å². The lowest BCUT2D eigenvalue weighted by Gasteiger charge is -2.41. The zero-order chi connectivity index (χ0) is 17.6. The molecule has 1 aliphatic carbocycles. The molecule has 2 amide bonds. The molecule has 0 unspecified atom stereocenters. The van der Waals surface area contributed by atoms with Gasteiger partial charge < -0.3 is 15.3 Å². The van der Waals surface area contributed by atoms with Gasteiger partial charge in [-0.2, -0.15) is 11.3 Å². The van der Waals surface area contributed by atoms with Gasteiger partial charge in [-0.05, 0) is 30.7 Å². The molecule has 1 fully saturated rings. The standard InChI is InChI=1S/C17H24N2O4S/c1-19(17(16(22)23)8-3-2-4-9-17)14(20)6-5-10-18-15(21)13-7-11-24-12-13/h7,11-12H,2-6,8-10H2,1H3,(H,18,21)(H,22,23). The highest BCUT2D eigenvalue weighted by Crippen LogP contribution is 2.33. The molecule has 1 heterocycles. The highest BCUT2D eigenvalue weighted by molar-refractivity contribution is 7.08. The second kappa shape index (κ2) is 8.28. The number of amides is 2. The molecule has 2 rings (SSSR count). The number of thiophene rings is 1. The Labute approximate surface area is 145 Å². The van der Waals surface area contributed by atoms with Crippen LogP contribution in [0.2, 0.25) is 0 Å². The number of likely N-dealkylation sites (N-methyl/N-ethyl adjacent to an activating group) is 1. The van der Waals surface area contributed by atoms with E-state index in [2.05, 4.69) is 5.32 Å². The zero-order valence-corrected chi connectivity index (χ0v) is 14.7. The molecule has 1 aliphatic rings. The van der Waals surface area contributed by atoms with E-state index in [4.69, 9.17) is 0 Å². The Hall–Kier alpha value is -1.89. The van der Waals surface area contributed by atoms with Crippen molar-refractivity contribution in [3.8, 4) is 0 Å². The Morgan fingerprint density at radius 3 is 2.58 bits per heavy atom. The first kappa shape index (κ1) is 18.4. The summed E-state index contributed by atoms with van der Waals surface area (Å²) < 4.78 is 0. The molecule has 1 saturated carbocycles. The van der Waals surface area contributed by atoms with Gasteiger partial charge in [0.25, 0.3) is 5.91 Å². The number of carboxylic acid groups (broad SMARTS) is 1. The number of carboxylic acids is 1. The molecule has 0 bridgehead atoms. The molecule has 7 heteroatoms. The van der Waals surface area contributed by atoms with Crippen molar-refractivity contribution in [3.63, 3.8) is 0 Å². The molecule has 0 aliphatic heterocycles. The zero-order valence-electron chi connectivity index (χ0n) is 13.9. The molecule has 1 aromatic heterocycles. The minimum Gasteiger partial charge on any atom is -0.479 e. The van der Waals surface area contributed by atoms with Crippen molar-refractivity contribution in [3.05, 3.63) is 22.4 Å². The maximum atomic E-state index is 12.4. The van der Waals surface area contributed by atoms with Crippen LogP contribution in [0.4, 0.5) is 0 Å². The van der Waals surface area contributed by atoms with Crippen molar-refractivity contribution in [2.75, 3.05) is 13.6 Å². The summed E-state index contributed by atoms with van der Waals surface area (Å²) in [6, 6.07) is 1.75. The van der Waals surface area contributed by atoms with Crippen LogP contribution in [0.1, 0.15) is 55.3 Å². The van der Waals surface area contributed by atoms with Gasteiger partial charge in [-0.1, -0.05) is 19.3 Å². The van der Waals surface area contributed by atoms with E-state index in [1.807, 2.05) is 5.38 Å². The summed E-state index contributed by atoms with van der Waals surface area (Å²) in [6.07, 6.45) is 4.44. The average molecular weight is 352 g/mol. The van der Waals surface area contributed by atoms with Gasteiger partial charge in [0.1, 0.15) is 5.54 Å². The Morgan fingerprint density at radius 2 is 2.00 bits per heavy atom. The first-order chi connectivity index (χ1) is 11.5. The molecule has 2 N–H and O–H groups in total. The third-order valence-electron chi connectivity index (χ3n) is 4.73. The summed E-state index contributed by atoms with van der Waals surface area (Å²) in [5, 5.41) is 16.0. The third-order valence-corrected chi connectivity index (χ3v) is 5.41. The maximum Gasteiger partial charge on any atom is 0.329 e. The third kappa shape index (κ3) is 4.14. The van der Waals surface area contributed by atoms with Gasteiger partial charge in [0.15, 0.2) is 0 Å². The van der Waals surface area contributed by atoms with E-state index < -0.39 is 11.5 Å². The molecule has 6 nitrogen and oxygen atoms in total. The molecule has 0 spiro atoms. The Bertz CT molecular complexity index is 579. The highest BCUT2D eigenvalue weighted by atomic mass is 32.1. The van der Waals surface area contributed by atoms with Crippen LogP contribution in [-0.4, -0.2) is 46.9 Å². The Morgan fingerprint density at radius 1 is 1.29 bits per heavy atom. The summed E-state index contributed by atoms with van der Waals surface area (Å²) in [5.74, 6) is -1.24. The van der Waals surface area contributed by atoms with E-state index in [9.17, 15) is 19.5 Å². The van der Waals surface area contributed by atoms with E-state index in [1.165, 1.54) is 16.2 Å². The number of carbonyl (C=O) groups excluding carboxylic acids is 2. The first-order valence-electron chi connectivity index (χ1n) is 8.28. The Balaban J connectivity index is 1.80. The van der Waals surface area contributed by atoms with Crippen LogP contribution in [-0.2, 0) is 9.59 Å². The maximum absolute atomic E-state index is 12.4. The van der Waals surface area contributed by atoms with Crippen molar-refractivity contribution in [2.45, 2.75) is 50.5 Å². The molecule has 0 aromatic carbocycles. The molecular formula is C17H24N2O4S. The quantitative estimate of drug-likeness (QED) is 0.738.